The molecule has 1 N–H and O–H groups in total. The average Bonchev–Trinajstić information content (AvgIpc) is 3.17. The molecule has 1 unspecified atom stereocenters. The Morgan fingerprint density at radius 1 is 1.25 bits per heavy atom. The summed E-state index contributed by atoms with van der Waals surface area (Å²) in [5, 5.41) is 2.05. The van der Waals surface area contributed by atoms with Crippen molar-refractivity contribution in [3.05, 3.63) is 41.2 Å². The molecule has 1 aliphatic carbocycles. The Balaban J connectivity index is 1.84. The molecule has 1 aromatic carbocycles. The van der Waals surface area contributed by atoms with E-state index in [-0.39, 0.29) is 35.2 Å². The van der Waals surface area contributed by atoms with Gasteiger partial charge >= 0.3 is 0 Å². The largest absolute Gasteiger partial charge is 0.301 e. The minimum absolute atomic E-state index is 0.0260. The second-order valence-electron chi connectivity index (χ2n) is 6.96. The molecule has 28 heavy (non-hydrogen) atoms. The molecular formula is C18H19F3N2O3S2. The van der Waals surface area contributed by atoms with Gasteiger partial charge in [0, 0.05) is 6.26 Å². The Hall–Kier alpha value is -1.94. The Morgan fingerprint density at radius 3 is 2.36 bits per heavy atom. The van der Waals surface area contributed by atoms with Gasteiger partial charge in [-0.05, 0) is 42.9 Å². The Labute approximate surface area is 164 Å². The van der Waals surface area contributed by atoms with E-state index in [1.807, 2.05) is 0 Å². The molecule has 0 aliphatic heterocycles. The van der Waals surface area contributed by atoms with E-state index < -0.39 is 39.1 Å². The molecule has 5 nitrogen and oxygen atoms in total. The van der Waals surface area contributed by atoms with Crippen LogP contribution in [-0.4, -0.2) is 37.9 Å². The normalized spacial score (nSPS) is 21.6. The third-order valence-corrected chi connectivity index (χ3v) is 6.64. The Bertz CT molecular complexity index is 937. The SMILES string of the molecule is CS(=O)(=O)c1ccc(C(CC2C[C@@H](F)[C@H](F)C2)C(=O)Nc2ncc(F)s2)cc1. The summed E-state index contributed by atoms with van der Waals surface area (Å²) in [5.41, 5.74) is 0.514. The first-order chi connectivity index (χ1) is 13.1. The number of nitrogens with zero attached hydrogens (tertiary/aromatic N) is 1. The van der Waals surface area contributed by atoms with E-state index in [4.69, 9.17) is 0 Å². The van der Waals surface area contributed by atoms with Gasteiger partial charge in [-0.25, -0.2) is 22.2 Å². The quantitative estimate of drug-likeness (QED) is 0.752. The van der Waals surface area contributed by atoms with Crippen LogP contribution in [-0.2, 0) is 14.6 Å². The third-order valence-electron chi connectivity index (χ3n) is 4.81. The van der Waals surface area contributed by atoms with E-state index in [0.29, 0.717) is 16.9 Å². The highest BCUT2D eigenvalue weighted by Gasteiger charge is 2.37. The van der Waals surface area contributed by atoms with Crippen molar-refractivity contribution in [1.82, 2.24) is 4.98 Å². The summed E-state index contributed by atoms with van der Waals surface area (Å²) in [7, 11) is -3.40. The van der Waals surface area contributed by atoms with Gasteiger partial charge in [0.25, 0.3) is 0 Å². The second kappa shape index (κ2) is 8.20. The molecule has 0 radical (unpaired) electrons. The molecule has 1 aromatic heterocycles. The van der Waals surface area contributed by atoms with Crippen LogP contribution in [0.15, 0.2) is 35.4 Å². The minimum atomic E-state index is -3.40. The first-order valence-corrected chi connectivity index (χ1v) is 11.3. The zero-order valence-corrected chi connectivity index (χ0v) is 16.6. The zero-order valence-electron chi connectivity index (χ0n) is 14.9. The van der Waals surface area contributed by atoms with Gasteiger partial charge in [-0.3, -0.25) is 4.79 Å². The molecule has 0 saturated heterocycles. The lowest BCUT2D eigenvalue weighted by molar-refractivity contribution is -0.118. The zero-order chi connectivity index (χ0) is 20.5. The lowest BCUT2D eigenvalue weighted by atomic mass is 9.87. The number of rotatable bonds is 6. The summed E-state index contributed by atoms with van der Waals surface area (Å²) >= 11 is 0.669. The molecule has 1 heterocycles. The number of hydrogen-bond acceptors (Lipinski definition) is 5. The average molecular weight is 432 g/mol. The van der Waals surface area contributed by atoms with Gasteiger partial charge in [-0.2, -0.15) is 4.39 Å². The smallest absolute Gasteiger partial charge is 0.233 e. The summed E-state index contributed by atoms with van der Waals surface area (Å²) in [5.74, 6) is -1.59. The number of benzene rings is 1. The van der Waals surface area contributed by atoms with E-state index in [0.717, 1.165) is 12.5 Å². The standard InChI is InChI=1S/C18H19F3N2O3S2/c1-28(25,26)12-4-2-11(3-5-12)13(6-10-7-14(19)15(20)8-10)17(24)23-18-22-9-16(21)27-18/h2-5,9-10,13-15H,6-8H2,1H3,(H,22,23,24)/t13?,14-,15-/m1/s1. The number of anilines is 1. The minimum Gasteiger partial charge on any atom is -0.301 e. The Morgan fingerprint density at radius 2 is 1.86 bits per heavy atom. The molecule has 3 atom stereocenters. The van der Waals surface area contributed by atoms with Gasteiger partial charge in [-0.15, -0.1) is 0 Å². The fourth-order valence-electron chi connectivity index (χ4n) is 3.40. The number of amides is 1. The highest BCUT2D eigenvalue weighted by Crippen LogP contribution is 2.38. The maximum absolute atomic E-state index is 13.6. The van der Waals surface area contributed by atoms with Crippen molar-refractivity contribution in [3.63, 3.8) is 0 Å². The number of carbonyl (C=O) groups is 1. The van der Waals surface area contributed by atoms with E-state index in [2.05, 4.69) is 10.3 Å². The van der Waals surface area contributed by atoms with Gasteiger partial charge in [0.1, 0.15) is 12.3 Å². The summed E-state index contributed by atoms with van der Waals surface area (Å²) in [6.45, 7) is 0. The summed E-state index contributed by atoms with van der Waals surface area (Å²) < 4.78 is 63.5. The van der Waals surface area contributed by atoms with Gasteiger partial charge < -0.3 is 5.32 Å². The Kier molecular flexibility index (Phi) is 6.09. The van der Waals surface area contributed by atoms with Gasteiger partial charge in [0.15, 0.2) is 20.1 Å². The molecule has 10 heteroatoms. The highest BCUT2D eigenvalue weighted by molar-refractivity contribution is 7.90. The van der Waals surface area contributed by atoms with Crippen molar-refractivity contribution in [1.29, 1.82) is 0 Å². The summed E-state index contributed by atoms with van der Waals surface area (Å²) in [6.07, 6.45) is -0.794. The molecule has 2 aromatic rings. The predicted molar refractivity (Wildman–Crippen MR) is 100 cm³/mol. The van der Waals surface area contributed by atoms with Crippen molar-refractivity contribution in [2.45, 2.75) is 42.4 Å². The molecule has 0 spiro atoms. The number of halogens is 3. The number of carbonyl (C=O) groups excluding carboxylic acids is 1. The molecule has 152 valence electrons. The van der Waals surface area contributed by atoms with Crippen molar-refractivity contribution in [2.75, 3.05) is 11.6 Å². The highest BCUT2D eigenvalue weighted by atomic mass is 32.2. The fraction of sp³-hybridized carbons (Fsp3) is 0.444. The van der Waals surface area contributed by atoms with E-state index in [1.165, 1.54) is 24.3 Å². The van der Waals surface area contributed by atoms with E-state index in [1.54, 1.807) is 0 Å². The van der Waals surface area contributed by atoms with Crippen LogP contribution in [0.4, 0.5) is 18.3 Å². The lowest BCUT2D eigenvalue weighted by Gasteiger charge is -2.20. The van der Waals surface area contributed by atoms with Gasteiger partial charge in [0.05, 0.1) is 17.0 Å². The topological polar surface area (TPSA) is 76.1 Å². The molecule has 1 fully saturated rings. The second-order valence-corrected chi connectivity index (χ2v) is 9.95. The van der Waals surface area contributed by atoms with Crippen molar-refractivity contribution in [2.24, 2.45) is 5.92 Å². The maximum Gasteiger partial charge on any atom is 0.233 e. The number of hydrogen-bond donors (Lipinski definition) is 1. The maximum atomic E-state index is 13.6. The first kappa shape index (κ1) is 20.8. The number of sulfone groups is 1. The van der Waals surface area contributed by atoms with Crippen LogP contribution in [0.25, 0.3) is 0 Å². The number of aromatic nitrogens is 1. The van der Waals surface area contributed by atoms with Gasteiger partial charge in [0.2, 0.25) is 5.91 Å². The first-order valence-electron chi connectivity index (χ1n) is 8.64. The number of thiazole rings is 1. The van der Waals surface area contributed by atoms with Crippen LogP contribution < -0.4 is 5.32 Å². The predicted octanol–water partition coefficient (Wildman–Crippen LogP) is 3.88. The summed E-state index contributed by atoms with van der Waals surface area (Å²) in [6, 6.07) is 5.80. The molecule has 3 rings (SSSR count). The van der Waals surface area contributed by atoms with Crippen LogP contribution in [0.5, 0.6) is 0 Å². The van der Waals surface area contributed by atoms with Crippen molar-refractivity contribution in [3.8, 4) is 0 Å². The summed E-state index contributed by atoms with van der Waals surface area (Å²) in [4.78, 5) is 16.6. The monoisotopic (exact) mass is 432 g/mol. The van der Waals surface area contributed by atoms with Crippen LogP contribution in [0, 0.1) is 11.0 Å². The van der Waals surface area contributed by atoms with Crippen LogP contribution in [0.3, 0.4) is 0 Å². The fourth-order valence-corrected chi connectivity index (χ4v) is 4.58. The molecule has 0 bridgehead atoms. The molecule has 1 saturated carbocycles. The van der Waals surface area contributed by atoms with E-state index >= 15 is 0 Å². The molecule has 1 aliphatic rings. The molecule has 1 amide bonds. The van der Waals surface area contributed by atoms with Crippen molar-refractivity contribution >= 4 is 32.2 Å². The van der Waals surface area contributed by atoms with Crippen LogP contribution >= 0.6 is 11.3 Å². The molecular weight excluding hydrogens is 413 g/mol. The van der Waals surface area contributed by atoms with Crippen LogP contribution in [0.2, 0.25) is 0 Å². The van der Waals surface area contributed by atoms with E-state index in [9.17, 15) is 26.4 Å². The van der Waals surface area contributed by atoms with Gasteiger partial charge in [-0.1, -0.05) is 23.5 Å². The number of nitrogens with one attached hydrogen (secondary N) is 1. The lowest BCUT2D eigenvalue weighted by Crippen LogP contribution is -2.23. The third kappa shape index (κ3) is 4.91. The van der Waals surface area contributed by atoms with Crippen LogP contribution in [0.1, 0.15) is 30.7 Å². The van der Waals surface area contributed by atoms with Crippen molar-refractivity contribution < 1.29 is 26.4 Å². The number of alkyl halides is 2.